The molecule has 7 nitrogen and oxygen atoms in total. The zero-order valence-electron chi connectivity index (χ0n) is 15.0. The number of hydrogen-bond donors (Lipinski definition) is 0. The van der Waals surface area contributed by atoms with Crippen LogP contribution in [0.4, 0.5) is 0 Å². The molecule has 1 aromatic heterocycles. The smallest absolute Gasteiger partial charge is 0.362 e. The van der Waals surface area contributed by atoms with E-state index in [1.165, 1.54) is 4.68 Å². The molecule has 0 bridgehead atoms. The van der Waals surface area contributed by atoms with Gasteiger partial charge < -0.3 is 9.47 Å². The molecule has 0 spiro atoms. The Morgan fingerprint density at radius 3 is 2.11 bits per heavy atom. The number of hydrogen-bond acceptors (Lipinski definition) is 6. The van der Waals surface area contributed by atoms with Crippen LogP contribution in [0.5, 0.6) is 0 Å². The Kier molecular flexibility index (Phi) is 5.56. The molecule has 0 amide bonds. The Balaban J connectivity index is 2.47. The van der Waals surface area contributed by atoms with Crippen molar-refractivity contribution in [3.05, 3.63) is 81.1 Å². The molecule has 0 aliphatic heterocycles. The van der Waals surface area contributed by atoms with Crippen LogP contribution in [0.15, 0.2) is 59.4 Å². The Morgan fingerprint density at radius 2 is 1.54 bits per heavy atom. The Bertz CT molecular complexity index is 1090. The molecule has 0 aliphatic rings. The van der Waals surface area contributed by atoms with E-state index in [1.807, 2.05) is 0 Å². The van der Waals surface area contributed by atoms with Gasteiger partial charge in [-0.25, -0.2) is 14.3 Å². The molecular formula is C20H15ClN2O5. The van der Waals surface area contributed by atoms with Crippen LogP contribution in [0.3, 0.4) is 0 Å². The van der Waals surface area contributed by atoms with Gasteiger partial charge in [0.15, 0.2) is 0 Å². The summed E-state index contributed by atoms with van der Waals surface area (Å²) in [4.78, 5) is 37.5. The highest BCUT2D eigenvalue weighted by atomic mass is 35.5. The molecule has 0 fully saturated rings. The summed E-state index contributed by atoms with van der Waals surface area (Å²) in [5.74, 6) is -1.85. The van der Waals surface area contributed by atoms with Gasteiger partial charge in [0, 0.05) is 10.6 Å². The fraction of sp³-hybridized carbons (Fsp3) is 0.100. The van der Waals surface area contributed by atoms with Crippen molar-refractivity contribution in [3.8, 4) is 16.9 Å². The van der Waals surface area contributed by atoms with Gasteiger partial charge in [-0.2, -0.15) is 5.10 Å². The largest absolute Gasteiger partial charge is 0.465 e. The third kappa shape index (κ3) is 3.52. The van der Waals surface area contributed by atoms with Crippen molar-refractivity contribution >= 4 is 23.5 Å². The van der Waals surface area contributed by atoms with Gasteiger partial charge in [0.2, 0.25) is 11.1 Å². The number of rotatable bonds is 4. The minimum atomic E-state index is -0.961. The topological polar surface area (TPSA) is 87.5 Å². The van der Waals surface area contributed by atoms with Crippen molar-refractivity contribution < 1.29 is 19.1 Å². The predicted octanol–water partition coefficient (Wildman–Crippen LogP) is 3.13. The number of carbonyl (C=O) groups is 2. The first kappa shape index (κ1) is 19.3. The lowest BCUT2D eigenvalue weighted by atomic mass is 10.0. The van der Waals surface area contributed by atoms with E-state index in [4.69, 9.17) is 16.3 Å². The summed E-state index contributed by atoms with van der Waals surface area (Å²) >= 11 is 5.96. The van der Waals surface area contributed by atoms with Crippen LogP contribution in [0.25, 0.3) is 16.9 Å². The lowest BCUT2D eigenvalue weighted by molar-refractivity contribution is 0.0588. The number of halogens is 1. The standard InChI is InChI=1S/C20H15ClN2O5/c1-27-19(25)15-17(12-6-4-3-5-7-12)23(14-10-8-13(21)9-11-14)22-16(18(15)24)20(26)28-2/h3-11H,1-2H3. The first-order chi connectivity index (χ1) is 13.5. The molecular weight excluding hydrogens is 384 g/mol. The van der Waals surface area contributed by atoms with Crippen LogP contribution < -0.4 is 5.43 Å². The van der Waals surface area contributed by atoms with Gasteiger partial charge in [-0.1, -0.05) is 41.9 Å². The third-order valence-electron chi connectivity index (χ3n) is 3.98. The van der Waals surface area contributed by atoms with Crippen molar-refractivity contribution in [2.45, 2.75) is 0 Å². The molecule has 2 aromatic carbocycles. The Labute approximate surface area is 165 Å². The van der Waals surface area contributed by atoms with Gasteiger partial charge in [0.05, 0.1) is 25.6 Å². The second-order valence-corrected chi connectivity index (χ2v) is 6.08. The van der Waals surface area contributed by atoms with Crippen LogP contribution in [-0.4, -0.2) is 35.9 Å². The van der Waals surface area contributed by atoms with Crippen molar-refractivity contribution in [1.29, 1.82) is 0 Å². The first-order valence-corrected chi connectivity index (χ1v) is 8.51. The highest BCUT2D eigenvalue weighted by molar-refractivity contribution is 6.30. The average Bonchev–Trinajstić information content (AvgIpc) is 2.73. The average molecular weight is 399 g/mol. The van der Waals surface area contributed by atoms with E-state index in [1.54, 1.807) is 54.6 Å². The second kappa shape index (κ2) is 8.06. The summed E-state index contributed by atoms with van der Waals surface area (Å²) in [6.45, 7) is 0. The lowest BCUT2D eigenvalue weighted by Gasteiger charge is -2.17. The first-order valence-electron chi connectivity index (χ1n) is 8.13. The van der Waals surface area contributed by atoms with Gasteiger partial charge >= 0.3 is 11.9 Å². The van der Waals surface area contributed by atoms with Crippen molar-refractivity contribution in [3.63, 3.8) is 0 Å². The molecule has 0 aliphatic carbocycles. The quantitative estimate of drug-likeness (QED) is 0.627. The number of ether oxygens (including phenoxy) is 2. The summed E-state index contributed by atoms with van der Waals surface area (Å²) in [6, 6.07) is 15.3. The Morgan fingerprint density at radius 1 is 0.929 bits per heavy atom. The van der Waals surface area contributed by atoms with Crippen LogP contribution in [0.1, 0.15) is 20.8 Å². The number of esters is 2. The van der Waals surface area contributed by atoms with Gasteiger partial charge in [-0.15, -0.1) is 0 Å². The maximum atomic E-state index is 12.9. The fourth-order valence-electron chi connectivity index (χ4n) is 2.68. The molecule has 0 N–H and O–H groups in total. The second-order valence-electron chi connectivity index (χ2n) is 5.64. The van der Waals surface area contributed by atoms with Crippen molar-refractivity contribution in [2.75, 3.05) is 14.2 Å². The van der Waals surface area contributed by atoms with E-state index in [0.29, 0.717) is 16.3 Å². The summed E-state index contributed by atoms with van der Waals surface area (Å²) in [6.07, 6.45) is 0. The molecule has 3 rings (SSSR count). The number of aromatic nitrogens is 2. The predicted molar refractivity (Wildman–Crippen MR) is 103 cm³/mol. The zero-order valence-corrected chi connectivity index (χ0v) is 15.8. The van der Waals surface area contributed by atoms with Crippen molar-refractivity contribution in [1.82, 2.24) is 9.78 Å². The van der Waals surface area contributed by atoms with Gasteiger partial charge in [0.1, 0.15) is 5.56 Å². The van der Waals surface area contributed by atoms with E-state index >= 15 is 0 Å². The Hall–Kier alpha value is -3.45. The minimum absolute atomic E-state index is 0.187. The molecule has 0 saturated heterocycles. The SMILES string of the molecule is COC(=O)c1nn(-c2ccc(Cl)cc2)c(-c2ccccc2)c(C(=O)OC)c1=O. The number of benzene rings is 2. The molecule has 3 aromatic rings. The van der Waals surface area contributed by atoms with E-state index in [-0.39, 0.29) is 11.3 Å². The van der Waals surface area contributed by atoms with Gasteiger partial charge in [0.25, 0.3) is 0 Å². The molecule has 28 heavy (non-hydrogen) atoms. The molecule has 142 valence electrons. The van der Waals surface area contributed by atoms with Crippen LogP contribution in [0.2, 0.25) is 5.02 Å². The normalized spacial score (nSPS) is 10.4. The summed E-state index contributed by atoms with van der Waals surface area (Å²) in [7, 11) is 2.28. The number of carbonyl (C=O) groups excluding carboxylic acids is 2. The molecule has 1 heterocycles. The number of methoxy groups -OCH3 is 2. The van der Waals surface area contributed by atoms with Gasteiger partial charge in [-0.3, -0.25) is 4.79 Å². The maximum absolute atomic E-state index is 12.9. The number of nitrogens with zero attached hydrogens (tertiary/aromatic N) is 2. The van der Waals surface area contributed by atoms with E-state index in [2.05, 4.69) is 9.84 Å². The van der Waals surface area contributed by atoms with E-state index in [9.17, 15) is 14.4 Å². The third-order valence-corrected chi connectivity index (χ3v) is 4.23. The summed E-state index contributed by atoms with van der Waals surface area (Å²) in [5, 5.41) is 4.67. The minimum Gasteiger partial charge on any atom is -0.465 e. The molecule has 0 radical (unpaired) electrons. The lowest BCUT2D eigenvalue weighted by Crippen LogP contribution is -2.30. The van der Waals surface area contributed by atoms with Crippen LogP contribution in [0, 0.1) is 0 Å². The maximum Gasteiger partial charge on any atom is 0.362 e. The summed E-state index contributed by atoms with van der Waals surface area (Å²) < 4.78 is 10.8. The monoisotopic (exact) mass is 398 g/mol. The zero-order chi connectivity index (χ0) is 20.3. The molecule has 0 saturated carbocycles. The van der Waals surface area contributed by atoms with E-state index < -0.39 is 23.1 Å². The summed E-state index contributed by atoms with van der Waals surface area (Å²) in [5.41, 5.74) is -0.510. The van der Waals surface area contributed by atoms with Crippen LogP contribution >= 0.6 is 11.6 Å². The molecule has 0 unspecified atom stereocenters. The highest BCUT2D eigenvalue weighted by Crippen LogP contribution is 2.26. The van der Waals surface area contributed by atoms with Gasteiger partial charge in [-0.05, 0) is 24.3 Å². The molecule has 8 heteroatoms. The highest BCUT2D eigenvalue weighted by Gasteiger charge is 2.28. The van der Waals surface area contributed by atoms with Crippen molar-refractivity contribution in [2.24, 2.45) is 0 Å². The fourth-order valence-corrected chi connectivity index (χ4v) is 2.81. The van der Waals surface area contributed by atoms with E-state index in [0.717, 1.165) is 14.2 Å². The molecule has 0 atom stereocenters. The van der Waals surface area contributed by atoms with Crippen LogP contribution in [-0.2, 0) is 9.47 Å².